The Bertz CT molecular complexity index is 993. The quantitative estimate of drug-likeness (QED) is 0.667. The van der Waals surface area contributed by atoms with Gasteiger partial charge in [-0.2, -0.15) is 0 Å². The van der Waals surface area contributed by atoms with Gasteiger partial charge in [0.2, 0.25) is 5.91 Å². The lowest BCUT2D eigenvalue weighted by molar-refractivity contribution is -0.116. The van der Waals surface area contributed by atoms with Gasteiger partial charge in [-0.15, -0.1) is 0 Å². The Morgan fingerprint density at radius 1 is 1.07 bits per heavy atom. The second-order valence-electron chi connectivity index (χ2n) is 5.92. The van der Waals surface area contributed by atoms with Crippen LogP contribution >= 0.6 is 0 Å². The van der Waals surface area contributed by atoms with Crippen molar-refractivity contribution in [3.63, 3.8) is 0 Å². The molecule has 0 aliphatic rings. The minimum Gasteiger partial charge on any atom is -0.493 e. The second kappa shape index (κ2) is 7.82. The van der Waals surface area contributed by atoms with E-state index in [0.717, 1.165) is 10.9 Å². The van der Waals surface area contributed by atoms with Crippen molar-refractivity contribution in [1.82, 2.24) is 4.57 Å². The number of carboxylic acids is 1. The van der Waals surface area contributed by atoms with E-state index >= 15 is 0 Å². The molecule has 0 spiro atoms. The van der Waals surface area contributed by atoms with E-state index in [1.807, 2.05) is 41.1 Å². The molecule has 0 saturated carbocycles. The number of carbonyl (C=O) groups excluding carboxylic acids is 1. The number of aromatic nitrogens is 1. The van der Waals surface area contributed by atoms with Crippen LogP contribution in [0.2, 0.25) is 0 Å². The number of para-hydroxylation sites is 1. The van der Waals surface area contributed by atoms with Crippen molar-refractivity contribution in [2.75, 3.05) is 19.5 Å². The molecule has 3 aromatic rings. The Morgan fingerprint density at radius 3 is 2.48 bits per heavy atom. The molecule has 0 radical (unpaired) electrons. The van der Waals surface area contributed by atoms with Crippen LogP contribution in [-0.2, 0) is 11.3 Å². The number of benzene rings is 2. The van der Waals surface area contributed by atoms with Crippen LogP contribution in [0.5, 0.6) is 11.5 Å². The average molecular weight is 368 g/mol. The molecule has 1 heterocycles. The Kier molecular flexibility index (Phi) is 5.30. The van der Waals surface area contributed by atoms with E-state index in [1.54, 1.807) is 0 Å². The maximum Gasteiger partial charge on any atom is 0.337 e. The van der Waals surface area contributed by atoms with Crippen LogP contribution in [0.3, 0.4) is 0 Å². The Balaban J connectivity index is 1.76. The lowest BCUT2D eigenvalue weighted by Gasteiger charge is -2.14. The highest BCUT2D eigenvalue weighted by atomic mass is 16.5. The molecule has 0 unspecified atom stereocenters. The van der Waals surface area contributed by atoms with Gasteiger partial charge in [0.1, 0.15) is 0 Å². The average Bonchev–Trinajstić information content (AvgIpc) is 3.09. The maximum atomic E-state index is 12.4. The van der Waals surface area contributed by atoms with Gasteiger partial charge in [0.25, 0.3) is 0 Å². The highest BCUT2D eigenvalue weighted by Crippen LogP contribution is 2.33. The molecule has 2 N–H and O–H groups in total. The van der Waals surface area contributed by atoms with Crippen molar-refractivity contribution in [2.24, 2.45) is 0 Å². The van der Waals surface area contributed by atoms with Crippen LogP contribution in [0.1, 0.15) is 16.8 Å². The minimum atomic E-state index is -1.16. The van der Waals surface area contributed by atoms with Crippen LogP contribution in [0.25, 0.3) is 10.9 Å². The van der Waals surface area contributed by atoms with Crippen molar-refractivity contribution in [3.05, 3.63) is 54.2 Å². The first-order valence-corrected chi connectivity index (χ1v) is 8.36. The predicted octanol–water partition coefficient (Wildman–Crippen LogP) is 3.39. The fraction of sp³-hybridized carbons (Fsp3) is 0.200. The predicted molar refractivity (Wildman–Crippen MR) is 102 cm³/mol. The molecule has 3 rings (SSSR count). The summed E-state index contributed by atoms with van der Waals surface area (Å²) in [4.78, 5) is 23.9. The first-order valence-electron chi connectivity index (χ1n) is 8.36. The van der Waals surface area contributed by atoms with Gasteiger partial charge in [0, 0.05) is 36.8 Å². The molecule has 0 aliphatic carbocycles. The molecule has 0 saturated heterocycles. The number of nitrogens with one attached hydrogen (secondary N) is 1. The summed E-state index contributed by atoms with van der Waals surface area (Å²) in [6.07, 6.45) is 2.13. The third-order valence-corrected chi connectivity index (χ3v) is 4.29. The molecule has 27 heavy (non-hydrogen) atoms. The molecular weight excluding hydrogens is 348 g/mol. The molecule has 0 fully saturated rings. The van der Waals surface area contributed by atoms with Crippen molar-refractivity contribution in [2.45, 2.75) is 13.0 Å². The van der Waals surface area contributed by atoms with E-state index in [9.17, 15) is 14.7 Å². The van der Waals surface area contributed by atoms with Gasteiger partial charge in [-0.3, -0.25) is 4.79 Å². The first kappa shape index (κ1) is 18.3. The van der Waals surface area contributed by atoms with Crippen LogP contribution < -0.4 is 14.8 Å². The molecule has 7 nitrogen and oxygen atoms in total. The van der Waals surface area contributed by atoms with Crippen molar-refractivity contribution in [1.29, 1.82) is 0 Å². The lowest BCUT2D eigenvalue weighted by atomic mass is 10.1. The molecule has 140 valence electrons. The molecular formula is C20H20N2O5. The normalized spacial score (nSPS) is 10.6. The second-order valence-corrected chi connectivity index (χ2v) is 5.92. The molecule has 0 aliphatic heterocycles. The van der Waals surface area contributed by atoms with Gasteiger partial charge in [-0.05, 0) is 17.5 Å². The van der Waals surface area contributed by atoms with Gasteiger partial charge >= 0.3 is 5.97 Å². The Hall–Kier alpha value is -3.48. The minimum absolute atomic E-state index is 0.0626. The molecule has 0 atom stereocenters. The topological polar surface area (TPSA) is 89.8 Å². The fourth-order valence-corrected chi connectivity index (χ4v) is 2.93. The number of fused-ring (bicyclic) bond motifs is 1. The zero-order valence-electron chi connectivity index (χ0n) is 15.1. The number of nitrogens with zero attached hydrogens (tertiary/aromatic N) is 1. The first-order chi connectivity index (χ1) is 13.0. The van der Waals surface area contributed by atoms with Crippen molar-refractivity contribution >= 4 is 28.5 Å². The number of aromatic carboxylic acids is 1. The van der Waals surface area contributed by atoms with Crippen molar-refractivity contribution < 1.29 is 24.2 Å². The fourth-order valence-electron chi connectivity index (χ4n) is 2.93. The van der Waals surface area contributed by atoms with Crippen molar-refractivity contribution in [3.8, 4) is 11.5 Å². The zero-order valence-corrected chi connectivity index (χ0v) is 15.1. The van der Waals surface area contributed by atoms with Crippen LogP contribution in [-0.4, -0.2) is 35.8 Å². The summed E-state index contributed by atoms with van der Waals surface area (Å²) in [7, 11) is 2.87. The number of carboxylic acid groups (broad SMARTS) is 1. The van der Waals surface area contributed by atoms with Gasteiger partial charge < -0.3 is 24.5 Å². The molecule has 1 aromatic heterocycles. The molecule has 0 bridgehead atoms. The summed E-state index contributed by atoms with van der Waals surface area (Å²) in [5, 5.41) is 13.2. The summed E-state index contributed by atoms with van der Waals surface area (Å²) in [6, 6.07) is 12.7. The van der Waals surface area contributed by atoms with E-state index in [1.165, 1.54) is 26.4 Å². The number of anilines is 1. The highest BCUT2D eigenvalue weighted by molar-refractivity contribution is 6.01. The largest absolute Gasteiger partial charge is 0.493 e. The summed E-state index contributed by atoms with van der Waals surface area (Å²) < 4.78 is 12.3. The maximum absolute atomic E-state index is 12.4. The number of hydrogen-bond donors (Lipinski definition) is 2. The SMILES string of the molecule is COc1cc(NC(=O)CCn2ccc3ccccc32)c(C(=O)O)cc1OC. The number of carbonyl (C=O) groups is 2. The highest BCUT2D eigenvalue weighted by Gasteiger charge is 2.18. The van der Waals surface area contributed by atoms with Gasteiger partial charge in [0.05, 0.1) is 25.5 Å². The summed E-state index contributed by atoms with van der Waals surface area (Å²) in [6.45, 7) is 0.481. The van der Waals surface area contributed by atoms with E-state index in [0.29, 0.717) is 12.3 Å². The number of ether oxygens (including phenoxy) is 2. The summed E-state index contributed by atoms with van der Waals surface area (Å²) in [5.41, 5.74) is 1.15. The molecule has 7 heteroatoms. The van der Waals surface area contributed by atoms with Gasteiger partial charge in [-0.25, -0.2) is 4.79 Å². The van der Waals surface area contributed by atoms with E-state index in [4.69, 9.17) is 9.47 Å². The standard InChI is InChI=1S/C20H20N2O5/c1-26-17-11-14(20(24)25)15(12-18(17)27-2)21-19(23)8-10-22-9-7-13-5-3-4-6-16(13)22/h3-7,9,11-12H,8,10H2,1-2H3,(H,21,23)(H,24,25). The smallest absolute Gasteiger partial charge is 0.337 e. The molecule has 2 aromatic carbocycles. The van der Waals surface area contributed by atoms with Gasteiger partial charge in [-0.1, -0.05) is 18.2 Å². The number of amides is 1. The third-order valence-electron chi connectivity index (χ3n) is 4.29. The summed E-state index contributed by atoms with van der Waals surface area (Å²) in [5.74, 6) is -0.828. The number of aryl methyl sites for hydroxylation is 1. The van der Waals surface area contributed by atoms with E-state index in [2.05, 4.69) is 5.32 Å². The Labute approximate surface area is 156 Å². The van der Waals surface area contributed by atoms with Crippen LogP contribution in [0.15, 0.2) is 48.7 Å². The number of rotatable bonds is 7. The number of methoxy groups -OCH3 is 2. The molecule has 1 amide bonds. The van der Waals surface area contributed by atoms with Crippen LogP contribution in [0.4, 0.5) is 5.69 Å². The Morgan fingerprint density at radius 2 is 1.78 bits per heavy atom. The summed E-state index contributed by atoms with van der Waals surface area (Å²) >= 11 is 0. The van der Waals surface area contributed by atoms with Crippen LogP contribution in [0, 0.1) is 0 Å². The van der Waals surface area contributed by atoms with E-state index < -0.39 is 5.97 Å². The van der Waals surface area contributed by atoms with Gasteiger partial charge in [0.15, 0.2) is 11.5 Å². The lowest BCUT2D eigenvalue weighted by Crippen LogP contribution is -2.16. The number of hydrogen-bond acceptors (Lipinski definition) is 4. The third kappa shape index (κ3) is 3.87. The van der Waals surface area contributed by atoms with E-state index in [-0.39, 0.29) is 29.3 Å². The zero-order chi connectivity index (χ0) is 19.4. The monoisotopic (exact) mass is 368 g/mol.